The number of hydrogen-bond acceptors (Lipinski definition) is 5. The highest BCUT2D eigenvalue weighted by Gasteiger charge is 2.10. The minimum atomic E-state index is 0.0655. The predicted molar refractivity (Wildman–Crippen MR) is 64.0 cm³/mol. The molecule has 0 unspecified atom stereocenters. The molecule has 0 saturated carbocycles. The van der Waals surface area contributed by atoms with Crippen LogP contribution in [0.25, 0.3) is 10.8 Å². The summed E-state index contributed by atoms with van der Waals surface area (Å²) in [4.78, 5) is 4.15. The van der Waals surface area contributed by atoms with Gasteiger partial charge in [0.05, 0.1) is 12.8 Å². The standard InChI is InChI=1S/C12H12N2O3/c1-7(14-16)12-9-6-11(17-2)10(15)5-8(9)3-4-13-12/h3-6,15-16H,1-2H3/b14-7+. The van der Waals surface area contributed by atoms with Gasteiger partial charge >= 0.3 is 0 Å². The smallest absolute Gasteiger partial charge is 0.161 e. The van der Waals surface area contributed by atoms with Gasteiger partial charge in [-0.2, -0.15) is 0 Å². The van der Waals surface area contributed by atoms with Gasteiger partial charge in [0.15, 0.2) is 11.5 Å². The first-order chi connectivity index (χ1) is 8.17. The first-order valence-electron chi connectivity index (χ1n) is 5.02. The number of aromatic nitrogens is 1. The van der Waals surface area contributed by atoms with Gasteiger partial charge in [-0.3, -0.25) is 4.98 Å². The van der Waals surface area contributed by atoms with Gasteiger partial charge in [0.2, 0.25) is 0 Å². The van der Waals surface area contributed by atoms with Crippen molar-refractivity contribution in [2.24, 2.45) is 5.16 Å². The number of methoxy groups -OCH3 is 1. The molecule has 0 aliphatic heterocycles. The molecule has 0 atom stereocenters. The van der Waals surface area contributed by atoms with Gasteiger partial charge < -0.3 is 15.1 Å². The fourth-order valence-corrected chi connectivity index (χ4v) is 1.69. The van der Waals surface area contributed by atoms with Crippen molar-refractivity contribution in [3.8, 4) is 11.5 Å². The summed E-state index contributed by atoms with van der Waals surface area (Å²) in [5, 5.41) is 23.2. The van der Waals surface area contributed by atoms with Crippen LogP contribution < -0.4 is 4.74 Å². The van der Waals surface area contributed by atoms with Crippen molar-refractivity contribution in [2.75, 3.05) is 7.11 Å². The zero-order chi connectivity index (χ0) is 12.4. The number of oxime groups is 1. The summed E-state index contributed by atoms with van der Waals surface area (Å²) in [6, 6.07) is 5.02. The van der Waals surface area contributed by atoms with Gasteiger partial charge in [-0.05, 0) is 30.5 Å². The zero-order valence-electron chi connectivity index (χ0n) is 9.51. The van der Waals surface area contributed by atoms with Crippen LogP contribution in [0.2, 0.25) is 0 Å². The number of fused-ring (bicyclic) bond motifs is 1. The van der Waals surface area contributed by atoms with Crippen LogP contribution in [0.4, 0.5) is 0 Å². The number of phenolic OH excluding ortho intramolecular Hbond substituents is 1. The second-order valence-electron chi connectivity index (χ2n) is 3.59. The van der Waals surface area contributed by atoms with Crippen LogP contribution in [0.5, 0.6) is 11.5 Å². The molecule has 2 N–H and O–H groups in total. The summed E-state index contributed by atoms with van der Waals surface area (Å²) in [7, 11) is 1.48. The summed E-state index contributed by atoms with van der Waals surface area (Å²) in [5.74, 6) is 0.424. The maximum Gasteiger partial charge on any atom is 0.161 e. The maximum absolute atomic E-state index is 9.67. The van der Waals surface area contributed by atoms with E-state index < -0.39 is 0 Å². The molecule has 1 aromatic heterocycles. The number of hydrogen-bond donors (Lipinski definition) is 2. The lowest BCUT2D eigenvalue weighted by molar-refractivity contribution is 0.319. The Hall–Kier alpha value is -2.30. The highest BCUT2D eigenvalue weighted by molar-refractivity contribution is 6.08. The minimum absolute atomic E-state index is 0.0655. The third-order valence-electron chi connectivity index (χ3n) is 2.56. The molecule has 0 aliphatic carbocycles. The Morgan fingerprint density at radius 1 is 1.41 bits per heavy atom. The van der Waals surface area contributed by atoms with E-state index in [9.17, 15) is 5.11 Å². The largest absolute Gasteiger partial charge is 0.504 e. The quantitative estimate of drug-likeness (QED) is 0.472. The Morgan fingerprint density at radius 2 is 2.18 bits per heavy atom. The van der Waals surface area contributed by atoms with Gasteiger partial charge in [-0.1, -0.05) is 5.16 Å². The average Bonchev–Trinajstić information content (AvgIpc) is 2.36. The predicted octanol–water partition coefficient (Wildman–Crippen LogP) is 2.15. The Labute approximate surface area is 98.0 Å². The van der Waals surface area contributed by atoms with Gasteiger partial charge in [0.1, 0.15) is 5.71 Å². The topological polar surface area (TPSA) is 74.9 Å². The molecule has 88 valence electrons. The van der Waals surface area contributed by atoms with E-state index in [4.69, 9.17) is 9.94 Å². The number of pyridine rings is 1. The minimum Gasteiger partial charge on any atom is -0.504 e. The molecular formula is C12H12N2O3. The van der Waals surface area contributed by atoms with E-state index in [1.165, 1.54) is 7.11 Å². The molecule has 0 saturated heterocycles. The van der Waals surface area contributed by atoms with Crippen molar-refractivity contribution in [1.82, 2.24) is 4.98 Å². The first-order valence-corrected chi connectivity index (χ1v) is 5.02. The zero-order valence-corrected chi connectivity index (χ0v) is 9.51. The summed E-state index contributed by atoms with van der Waals surface area (Å²) in [6.45, 7) is 1.65. The number of phenols is 1. The number of nitrogens with zero attached hydrogens (tertiary/aromatic N) is 2. The molecule has 2 aromatic rings. The first kappa shape index (κ1) is 11.2. The molecule has 5 nitrogen and oxygen atoms in total. The fraction of sp³-hybridized carbons (Fsp3) is 0.167. The van der Waals surface area contributed by atoms with E-state index in [2.05, 4.69) is 10.1 Å². The third kappa shape index (κ3) is 1.87. The van der Waals surface area contributed by atoms with E-state index in [1.807, 2.05) is 0 Å². The van der Waals surface area contributed by atoms with Gasteiger partial charge in [0.25, 0.3) is 0 Å². The van der Waals surface area contributed by atoms with Crippen LogP contribution >= 0.6 is 0 Å². The summed E-state index contributed by atoms with van der Waals surface area (Å²) in [5.41, 5.74) is 0.964. The Balaban J connectivity index is 2.79. The lowest BCUT2D eigenvalue weighted by Gasteiger charge is -2.08. The van der Waals surface area contributed by atoms with E-state index in [0.717, 1.165) is 10.8 Å². The second kappa shape index (κ2) is 4.29. The second-order valence-corrected chi connectivity index (χ2v) is 3.59. The number of aromatic hydroxyl groups is 1. The van der Waals surface area contributed by atoms with Crippen molar-refractivity contribution < 1.29 is 15.1 Å². The van der Waals surface area contributed by atoms with Crippen LogP contribution in [0.1, 0.15) is 12.6 Å². The molecule has 2 rings (SSSR count). The van der Waals surface area contributed by atoms with Crippen molar-refractivity contribution >= 4 is 16.5 Å². The molecule has 0 radical (unpaired) electrons. The van der Waals surface area contributed by atoms with Crippen molar-refractivity contribution in [1.29, 1.82) is 0 Å². The molecule has 1 heterocycles. The lowest BCUT2D eigenvalue weighted by Crippen LogP contribution is -1.99. The van der Waals surface area contributed by atoms with Crippen LogP contribution in [-0.2, 0) is 0 Å². The molecule has 0 amide bonds. The van der Waals surface area contributed by atoms with Crippen molar-refractivity contribution in [3.63, 3.8) is 0 Å². The molecule has 0 fully saturated rings. The molecule has 5 heteroatoms. The number of rotatable bonds is 2. The SMILES string of the molecule is COc1cc2c(/C(C)=N/O)nccc2cc1O. The van der Waals surface area contributed by atoms with E-state index in [-0.39, 0.29) is 5.75 Å². The average molecular weight is 232 g/mol. The molecular weight excluding hydrogens is 220 g/mol. The van der Waals surface area contributed by atoms with E-state index in [1.54, 1.807) is 31.3 Å². The Bertz CT molecular complexity index is 594. The van der Waals surface area contributed by atoms with Gasteiger partial charge in [-0.15, -0.1) is 0 Å². The third-order valence-corrected chi connectivity index (χ3v) is 2.56. The van der Waals surface area contributed by atoms with Crippen LogP contribution in [-0.4, -0.2) is 28.1 Å². The molecule has 0 aliphatic rings. The van der Waals surface area contributed by atoms with Crippen LogP contribution in [0, 0.1) is 0 Å². The normalized spacial score (nSPS) is 11.8. The van der Waals surface area contributed by atoms with Crippen LogP contribution in [0.3, 0.4) is 0 Å². The monoisotopic (exact) mass is 232 g/mol. The van der Waals surface area contributed by atoms with Crippen molar-refractivity contribution in [2.45, 2.75) is 6.92 Å². The molecule has 0 bridgehead atoms. The number of ether oxygens (including phenoxy) is 1. The van der Waals surface area contributed by atoms with Crippen LogP contribution in [0.15, 0.2) is 29.6 Å². The lowest BCUT2D eigenvalue weighted by atomic mass is 10.1. The van der Waals surface area contributed by atoms with Gasteiger partial charge in [0, 0.05) is 11.6 Å². The Morgan fingerprint density at radius 3 is 2.82 bits per heavy atom. The fourth-order valence-electron chi connectivity index (χ4n) is 1.69. The van der Waals surface area contributed by atoms with Gasteiger partial charge in [-0.25, -0.2) is 0 Å². The number of benzene rings is 1. The summed E-state index contributed by atoms with van der Waals surface area (Å²) >= 11 is 0. The summed E-state index contributed by atoms with van der Waals surface area (Å²) in [6.07, 6.45) is 1.60. The maximum atomic E-state index is 9.67. The van der Waals surface area contributed by atoms with E-state index >= 15 is 0 Å². The highest BCUT2D eigenvalue weighted by Crippen LogP contribution is 2.32. The molecule has 17 heavy (non-hydrogen) atoms. The summed E-state index contributed by atoms with van der Waals surface area (Å²) < 4.78 is 5.04. The van der Waals surface area contributed by atoms with Crippen molar-refractivity contribution in [3.05, 3.63) is 30.1 Å². The Kier molecular flexibility index (Phi) is 2.82. The molecule has 1 aromatic carbocycles. The highest BCUT2D eigenvalue weighted by atomic mass is 16.5. The van der Waals surface area contributed by atoms with E-state index in [0.29, 0.717) is 17.2 Å². The molecule has 0 spiro atoms.